The summed E-state index contributed by atoms with van der Waals surface area (Å²) in [6.07, 6.45) is 0. The van der Waals surface area contributed by atoms with E-state index < -0.39 is 69.0 Å². The highest BCUT2D eigenvalue weighted by Crippen LogP contribution is 2.41. The Kier molecular flexibility index (Phi) is 6.14. The van der Waals surface area contributed by atoms with Crippen LogP contribution in [0.15, 0.2) is 60.7 Å². The molecular weight excluding hydrogens is 468 g/mol. The fraction of sp³-hybridized carbons (Fsp3) is 0. The molecule has 0 aliphatic carbocycles. The Morgan fingerprint density at radius 1 is 0.353 bits per heavy atom. The van der Waals surface area contributed by atoms with Crippen LogP contribution < -0.4 is 10.6 Å². The van der Waals surface area contributed by atoms with E-state index in [0.29, 0.717) is 0 Å². The minimum absolute atomic E-state index is 0.0395. The zero-order chi connectivity index (χ0) is 24.6. The summed E-state index contributed by atoms with van der Waals surface area (Å²) in [5, 5.41) is 4.23. The predicted molar refractivity (Wildman–Crippen MR) is 111 cm³/mol. The molecule has 0 saturated heterocycles. The largest absolute Gasteiger partial charge is 0.351 e. The van der Waals surface area contributed by atoms with Gasteiger partial charge in [0.15, 0.2) is 46.5 Å². The normalized spacial score (nSPS) is 10.9. The van der Waals surface area contributed by atoms with Crippen LogP contribution in [0.2, 0.25) is 0 Å². The molecule has 2 nitrogen and oxygen atoms in total. The zero-order valence-corrected chi connectivity index (χ0v) is 16.8. The Hall–Kier alpha value is -4.08. The lowest BCUT2D eigenvalue weighted by molar-refractivity contribution is 0.447. The number of nitrogens with one attached hydrogen (secondary N) is 2. The number of anilines is 4. The van der Waals surface area contributed by atoms with E-state index in [1.165, 1.54) is 48.5 Å². The third kappa shape index (κ3) is 3.91. The highest BCUT2D eigenvalue weighted by atomic mass is 19.2. The molecule has 2 N–H and O–H groups in total. The average molecular weight is 480 g/mol. The maximum Gasteiger partial charge on any atom is 0.186 e. The van der Waals surface area contributed by atoms with E-state index in [4.69, 9.17) is 0 Å². The summed E-state index contributed by atoms with van der Waals surface area (Å²) in [5.74, 6) is -17.2. The molecule has 0 atom stereocenters. The van der Waals surface area contributed by atoms with Gasteiger partial charge in [-0.25, -0.2) is 35.1 Å². The van der Waals surface area contributed by atoms with Crippen molar-refractivity contribution in [2.24, 2.45) is 0 Å². The van der Waals surface area contributed by atoms with Gasteiger partial charge in [0.2, 0.25) is 0 Å². The van der Waals surface area contributed by atoms with Crippen molar-refractivity contribution in [2.45, 2.75) is 0 Å². The van der Waals surface area contributed by atoms with Crippen molar-refractivity contribution in [3.8, 4) is 11.1 Å². The Bertz CT molecular complexity index is 1210. The summed E-state index contributed by atoms with van der Waals surface area (Å²) in [6.45, 7) is 0. The van der Waals surface area contributed by atoms with E-state index in [2.05, 4.69) is 10.6 Å². The summed E-state index contributed by atoms with van der Waals surface area (Å²) in [6, 6.07) is 14.3. The number of hydrogen-bond donors (Lipinski definition) is 2. The van der Waals surface area contributed by atoms with Gasteiger partial charge in [-0.05, 0) is 24.3 Å². The van der Waals surface area contributed by atoms with Gasteiger partial charge in [0.1, 0.15) is 11.4 Å². The lowest BCUT2D eigenvalue weighted by Crippen LogP contribution is -2.11. The van der Waals surface area contributed by atoms with Crippen LogP contribution >= 0.6 is 0 Å². The van der Waals surface area contributed by atoms with Crippen LogP contribution in [0.3, 0.4) is 0 Å². The summed E-state index contributed by atoms with van der Waals surface area (Å²) in [7, 11) is 0. The van der Waals surface area contributed by atoms with Crippen LogP contribution in [0.1, 0.15) is 0 Å². The first-order valence-corrected chi connectivity index (χ1v) is 9.58. The Morgan fingerprint density at radius 3 is 0.882 bits per heavy atom. The van der Waals surface area contributed by atoms with Crippen LogP contribution in [0.25, 0.3) is 11.1 Å². The first kappa shape index (κ1) is 23.1. The molecular formula is C24H12F8N2. The summed E-state index contributed by atoms with van der Waals surface area (Å²) in [4.78, 5) is 0. The van der Waals surface area contributed by atoms with Crippen LogP contribution in [0.4, 0.5) is 57.9 Å². The first-order chi connectivity index (χ1) is 16.2. The minimum atomic E-state index is -2.25. The molecule has 34 heavy (non-hydrogen) atoms. The molecule has 174 valence electrons. The number of hydrogen-bond acceptors (Lipinski definition) is 2. The van der Waals surface area contributed by atoms with Crippen molar-refractivity contribution in [1.82, 2.24) is 0 Å². The molecule has 4 aromatic carbocycles. The highest BCUT2D eigenvalue weighted by Gasteiger charge is 2.34. The molecule has 0 heterocycles. The third-order valence-electron chi connectivity index (χ3n) is 4.86. The molecule has 0 fully saturated rings. The second kappa shape index (κ2) is 9.05. The SMILES string of the molecule is Fc1c(F)c(-c2c(F)c(F)c(Nc3ccccc3)c(F)c2F)c(F)c(F)c1Nc1ccccc1. The van der Waals surface area contributed by atoms with E-state index in [-0.39, 0.29) is 11.4 Å². The van der Waals surface area contributed by atoms with E-state index in [1.807, 2.05) is 0 Å². The first-order valence-electron chi connectivity index (χ1n) is 9.58. The minimum Gasteiger partial charge on any atom is -0.351 e. The van der Waals surface area contributed by atoms with Crippen molar-refractivity contribution in [3.05, 3.63) is 107 Å². The Labute approximate surface area is 187 Å². The van der Waals surface area contributed by atoms with Crippen LogP contribution in [-0.2, 0) is 0 Å². The Morgan fingerprint density at radius 2 is 0.618 bits per heavy atom. The second-order valence-electron chi connectivity index (χ2n) is 6.99. The molecule has 0 bridgehead atoms. The van der Waals surface area contributed by atoms with Crippen molar-refractivity contribution < 1.29 is 35.1 Å². The molecule has 10 heteroatoms. The molecule has 0 amide bonds. The maximum absolute atomic E-state index is 14.7. The average Bonchev–Trinajstić information content (AvgIpc) is 2.85. The quantitative estimate of drug-likeness (QED) is 0.224. The van der Waals surface area contributed by atoms with Crippen LogP contribution in [0, 0.1) is 46.5 Å². The zero-order valence-electron chi connectivity index (χ0n) is 16.8. The Balaban J connectivity index is 1.88. The smallest absolute Gasteiger partial charge is 0.186 e. The molecule has 0 unspecified atom stereocenters. The van der Waals surface area contributed by atoms with Crippen molar-refractivity contribution in [3.63, 3.8) is 0 Å². The summed E-state index contributed by atoms with van der Waals surface area (Å²) < 4.78 is 117. The van der Waals surface area contributed by atoms with E-state index in [0.717, 1.165) is 0 Å². The summed E-state index contributed by atoms with van der Waals surface area (Å²) >= 11 is 0. The van der Waals surface area contributed by atoms with E-state index in [9.17, 15) is 35.1 Å². The molecule has 0 saturated carbocycles. The van der Waals surface area contributed by atoms with Gasteiger partial charge >= 0.3 is 0 Å². The lowest BCUT2D eigenvalue weighted by Gasteiger charge is -2.17. The molecule has 4 rings (SSSR count). The predicted octanol–water partition coefficient (Wildman–Crippen LogP) is 7.95. The monoisotopic (exact) mass is 480 g/mol. The van der Waals surface area contributed by atoms with Gasteiger partial charge in [0.25, 0.3) is 0 Å². The van der Waals surface area contributed by atoms with Crippen molar-refractivity contribution in [1.29, 1.82) is 0 Å². The lowest BCUT2D eigenvalue weighted by atomic mass is 10.00. The third-order valence-corrected chi connectivity index (χ3v) is 4.86. The highest BCUT2D eigenvalue weighted by molar-refractivity contribution is 5.75. The molecule has 0 spiro atoms. The molecule has 0 aromatic heterocycles. The van der Waals surface area contributed by atoms with Gasteiger partial charge in [0, 0.05) is 11.4 Å². The van der Waals surface area contributed by atoms with Gasteiger partial charge in [-0.15, -0.1) is 0 Å². The van der Waals surface area contributed by atoms with Gasteiger partial charge in [-0.2, -0.15) is 0 Å². The molecule has 0 aliphatic heterocycles. The summed E-state index contributed by atoms with van der Waals surface area (Å²) in [5.41, 5.74) is -6.39. The fourth-order valence-electron chi connectivity index (χ4n) is 3.25. The fourth-order valence-corrected chi connectivity index (χ4v) is 3.25. The molecule has 0 radical (unpaired) electrons. The van der Waals surface area contributed by atoms with Crippen molar-refractivity contribution >= 4 is 22.7 Å². The van der Waals surface area contributed by atoms with E-state index >= 15 is 0 Å². The standard InChI is InChI=1S/C24H12F8N2/c25-15-13(16(26)20(30)23(19(15)29)33-11-7-3-1-4-8-11)14-17(27)21(31)24(22(32)18(14)28)34-12-9-5-2-6-10-12/h1-10,33-34H. The van der Waals surface area contributed by atoms with Gasteiger partial charge in [-0.1, -0.05) is 36.4 Å². The number of para-hydroxylation sites is 2. The molecule has 4 aromatic rings. The van der Waals surface area contributed by atoms with Gasteiger partial charge in [0.05, 0.1) is 11.1 Å². The number of rotatable bonds is 5. The second-order valence-corrected chi connectivity index (χ2v) is 6.99. The van der Waals surface area contributed by atoms with Gasteiger partial charge < -0.3 is 10.6 Å². The number of benzene rings is 4. The number of halogens is 8. The van der Waals surface area contributed by atoms with E-state index in [1.54, 1.807) is 12.1 Å². The van der Waals surface area contributed by atoms with Crippen LogP contribution in [0.5, 0.6) is 0 Å². The topological polar surface area (TPSA) is 24.1 Å². The van der Waals surface area contributed by atoms with Crippen LogP contribution in [-0.4, -0.2) is 0 Å². The maximum atomic E-state index is 14.7. The van der Waals surface area contributed by atoms with Crippen molar-refractivity contribution in [2.75, 3.05) is 10.6 Å². The molecule has 0 aliphatic rings. The van der Waals surface area contributed by atoms with Gasteiger partial charge in [-0.3, -0.25) is 0 Å².